The fourth-order valence-electron chi connectivity index (χ4n) is 3.23. The van der Waals surface area contributed by atoms with Gasteiger partial charge in [-0.2, -0.15) is 0 Å². The smallest absolute Gasteiger partial charge is 0.321 e. The summed E-state index contributed by atoms with van der Waals surface area (Å²) in [5, 5.41) is 3.49. The maximum atomic E-state index is 12.4. The zero-order chi connectivity index (χ0) is 17.3. The second kappa shape index (κ2) is 6.90. The minimum atomic E-state index is -2.87. The molecule has 3 rings (SSSR count). The van der Waals surface area contributed by atoms with Crippen LogP contribution in [0.4, 0.5) is 10.5 Å². The number of hydrogen-bond donors (Lipinski definition) is 1. The number of nitrogens with zero attached hydrogens (tertiary/aromatic N) is 2. The quantitative estimate of drug-likeness (QED) is 0.863. The fourth-order valence-corrected chi connectivity index (χ4v) is 5.17. The molecule has 1 aromatic carbocycles. The van der Waals surface area contributed by atoms with Gasteiger partial charge < -0.3 is 10.2 Å². The first-order valence-electron chi connectivity index (χ1n) is 8.11. The molecule has 6 nitrogen and oxygen atoms in total. The number of piperazine rings is 1. The fraction of sp³-hybridized carbons (Fsp3) is 0.562. The number of amides is 2. The van der Waals surface area contributed by atoms with E-state index in [1.807, 2.05) is 19.1 Å². The Morgan fingerprint density at radius 3 is 2.54 bits per heavy atom. The highest BCUT2D eigenvalue weighted by atomic mass is 35.5. The summed E-state index contributed by atoms with van der Waals surface area (Å²) in [5.74, 6) is 0.535. The number of anilines is 1. The second-order valence-electron chi connectivity index (χ2n) is 6.47. The van der Waals surface area contributed by atoms with E-state index in [0.29, 0.717) is 43.3 Å². The van der Waals surface area contributed by atoms with Crippen molar-refractivity contribution >= 4 is 33.2 Å². The molecule has 2 amide bonds. The number of halogens is 1. The first kappa shape index (κ1) is 17.5. The van der Waals surface area contributed by atoms with Gasteiger partial charge in [0.05, 0.1) is 11.5 Å². The predicted molar refractivity (Wildman–Crippen MR) is 95.4 cm³/mol. The summed E-state index contributed by atoms with van der Waals surface area (Å²) in [7, 11) is -2.87. The number of aryl methyl sites for hydroxylation is 1. The van der Waals surface area contributed by atoms with Gasteiger partial charge in [-0.3, -0.25) is 4.90 Å². The van der Waals surface area contributed by atoms with E-state index in [9.17, 15) is 13.2 Å². The zero-order valence-electron chi connectivity index (χ0n) is 13.7. The van der Waals surface area contributed by atoms with Crippen LogP contribution in [0.25, 0.3) is 0 Å². The molecule has 2 fully saturated rings. The Kier molecular flexibility index (Phi) is 5.03. The highest BCUT2D eigenvalue weighted by Crippen LogP contribution is 2.21. The maximum absolute atomic E-state index is 12.4. The van der Waals surface area contributed by atoms with E-state index in [0.717, 1.165) is 5.56 Å². The van der Waals surface area contributed by atoms with Gasteiger partial charge in [-0.05, 0) is 31.0 Å². The number of urea groups is 1. The van der Waals surface area contributed by atoms with Crippen LogP contribution in [0, 0.1) is 6.92 Å². The van der Waals surface area contributed by atoms with Crippen LogP contribution >= 0.6 is 11.6 Å². The molecule has 0 bridgehead atoms. The summed E-state index contributed by atoms with van der Waals surface area (Å²) in [6.45, 7) is 4.53. The van der Waals surface area contributed by atoms with E-state index in [4.69, 9.17) is 11.6 Å². The third kappa shape index (κ3) is 4.02. The van der Waals surface area contributed by atoms with Gasteiger partial charge in [0.2, 0.25) is 0 Å². The molecule has 2 saturated heterocycles. The van der Waals surface area contributed by atoms with Crippen molar-refractivity contribution < 1.29 is 13.2 Å². The lowest BCUT2D eigenvalue weighted by atomic mass is 10.2. The van der Waals surface area contributed by atoms with Gasteiger partial charge >= 0.3 is 6.03 Å². The summed E-state index contributed by atoms with van der Waals surface area (Å²) in [5.41, 5.74) is 1.65. The molecule has 0 saturated carbocycles. The summed E-state index contributed by atoms with van der Waals surface area (Å²) >= 11 is 6.08. The van der Waals surface area contributed by atoms with E-state index < -0.39 is 9.84 Å². The number of carbonyl (C=O) groups is 1. The Labute approximate surface area is 147 Å². The Morgan fingerprint density at radius 2 is 1.96 bits per heavy atom. The Balaban J connectivity index is 1.52. The Morgan fingerprint density at radius 1 is 1.25 bits per heavy atom. The average molecular weight is 372 g/mol. The lowest BCUT2D eigenvalue weighted by Crippen LogP contribution is -2.53. The summed E-state index contributed by atoms with van der Waals surface area (Å²) < 4.78 is 23.2. The average Bonchev–Trinajstić information content (AvgIpc) is 2.91. The van der Waals surface area contributed by atoms with Crippen LogP contribution in [-0.2, 0) is 9.84 Å². The molecule has 0 aliphatic carbocycles. The molecule has 2 heterocycles. The molecule has 1 atom stereocenters. The second-order valence-corrected chi connectivity index (χ2v) is 9.11. The molecule has 2 aliphatic rings. The normalized spacial score (nSPS) is 24.1. The largest absolute Gasteiger partial charge is 0.322 e. The van der Waals surface area contributed by atoms with Crippen molar-refractivity contribution in [3.05, 3.63) is 28.8 Å². The number of hydrogen-bond acceptors (Lipinski definition) is 4. The molecule has 1 N–H and O–H groups in total. The first-order valence-corrected chi connectivity index (χ1v) is 10.3. The number of nitrogens with one attached hydrogen (secondary N) is 1. The van der Waals surface area contributed by atoms with Gasteiger partial charge in [-0.1, -0.05) is 17.7 Å². The lowest BCUT2D eigenvalue weighted by Gasteiger charge is -2.37. The Hall–Kier alpha value is -1.31. The highest BCUT2D eigenvalue weighted by Gasteiger charge is 2.34. The zero-order valence-corrected chi connectivity index (χ0v) is 15.2. The third-order valence-electron chi connectivity index (χ3n) is 4.75. The molecule has 0 radical (unpaired) electrons. The van der Waals surface area contributed by atoms with Crippen molar-refractivity contribution in [1.82, 2.24) is 9.80 Å². The minimum Gasteiger partial charge on any atom is -0.322 e. The summed E-state index contributed by atoms with van der Waals surface area (Å²) in [6.07, 6.45) is 0.705. The van der Waals surface area contributed by atoms with Crippen molar-refractivity contribution in [2.75, 3.05) is 43.0 Å². The number of rotatable bonds is 2. The van der Waals surface area contributed by atoms with Gasteiger partial charge in [0.1, 0.15) is 0 Å². The molecular formula is C16H22ClN3O3S. The molecule has 0 aromatic heterocycles. The maximum Gasteiger partial charge on any atom is 0.321 e. The van der Waals surface area contributed by atoms with Gasteiger partial charge in [0.25, 0.3) is 0 Å². The molecule has 1 unspecified atom stereocenters. The Bertz CT molecular complexity index is 730. The molecule has 132 valence electrons. The van der Waals surface area contributed by atoms with E-state index in [1.165, 1.54) is 0 Å². The predicted octanol–water partition coefficient (Wildman–Crippen LogP) is 1.99. The number of sulfone groups is 1. The van der Waals surface area contributed by atoms with Crippen LogP contribution in [0.15, 0.2) is 18.2 Å². The monoisotopic (exact) mass is 371 g/mol. The highest BCUT2D eigenvalue weighted by molar-refractivity contribution is 7.91. The van der Waals surface area contributed by atoms with Crippen LogP contribution in [0.1, 0.15) is 12.0 Å². The van der Waals surface area contributed by atoms with E-state index in [1.54, 1.807) is 11.0 Å². The summed E-state index contributed by atoms with van der Waals surface area (Å²) in [4.78, 5) is 16.3. The topological polar surface area (TPSA) is 69.7 Å². The van der Waals surface area contributed by atoms with E-state index in [2.05, 4.69) is 10.2 Å². The molecule has 1 aromatic rings. The van der Waals surface area contributed by atoms with Gasteiger partial charge in [0, 0.05) is 42.9 Å². The van der Waals surface area contributed by atoms with Crippen LogP contribution < -0.4 is 5.32 Å². The molecule has 0 spiro atoms. The minimum absolute atomic E-state index is 0.108. The molecule has 2 aliphatic heterocycles. The molecular weight excluding hydrogens is 350 g/mol. The SMILES string of the molecule is Cc1ccc(NC(=O)N2CCN(C3CCS(=O)(=O)C3)CC2)cc1Cl. The molecule has 8 heteroatoms. The van der Waals surface area contributed by atoms with Crippen molar-refractivity contribution in [2.24, 2.45) is 0 Å². The van der Waals surface area contributed by atoms with Gasteiger partial charge in [-0.15, -0.1) is 0 Å². The van der Waals surface area contributed by atoms with E-state index in [-0.39, 0.29) is 23.6 Å². The lowest BCUT2D eigenvalue weighted by molar-refractivity contribution is 0.121. The molecule has 24 heavy (non-hydrogen) atoms. The van der Waals surface area contributed by atoms with Crippen molar-refractivity contribution in [1.29, 1.82) is 0 Å². The van der Waals surface area contributed by atoms with Crippen LogP contribution in [0.3, 0.4) is 0 Å². The van der Waals surface area contributed by atoms with Gasteiger partial charge in [0.15, 0.2) is 9.84 Å². The number of benzene rings is 1. The van der Waals surface area contributed by atoms with Crippen LogP contribution in [0.5, 0.6) is 0 Å². The standard InChI is InChI=1S/C16H22ClN3O3S/c1-12-2-3-13(10-15(12)17)18-16(21)20-7-5-19(6-8-20)14-4-9-24(22,23)11-14/h2-3,10,14H,4-9,11H2,1H3,(H,18,21). The van der Waals surface area contributed by atoms with Gasteiger partial charge in [-0.25, -0.2) is 13.2 Å². The van der Waals surface area contributed by atoms with Crippen LogP contribution in [0.2, 0.25) is 5.02 Å². The summed E-state index contributed by atoms with van der Waals surface area (Å²) in [6, 6.07) is 5.41. The van der Waals surface area contributed by atoms with Crippen molar-refractivity contribution in [3.63, 3.8) is 0 Å². The third-order valence-corrected chi connectivity index (χ3v) is 6.91. The van der Waals surface area contributed by atoms with E-state index >= 15 is 0 Å². The van der Waals surface area contributed by atoms with Crippen molar-refractivity contribution in [3.8, 4) is 0 Å². The first-order chi connectivity index (χ1) is 11.3. The van der Waals surface area contributed by atoms with Crippen LogP contribution in [-0.4, -0.2) is 68.0 Å². The van der Waals surface area contributed by atoms with Crippen molar-refractivity contribution in [2.45, 2.75) is 19.4 Å². The number of carbonyl (C=O) groups excluding carboxylic acids is 1.